The predicted molar refractivity (Wildman–Crippen MR) is 175 cm³/mol. The number of alkyl halides is 1. The van der Waals surface area contributed by atoms with Gasteiger partial charge < -0.3 is 34.6 Å². The van der Waals surface area contributed by atoms with Crippen LogP contribution in [0.15, 0.2) is 49.6 Å². The van der Waals surface area contributed by atoms with Crippen LogP contribution < -0.4 is 15.1 Å². The minimum atomic E-state index is -1.30. The maximum absolute atomic E-state index is 14.5. The summed E-state index contributed by atoms with van der Waals surface area (Å²) in [5.74, 6) is -3.53. The van der Waals surface area contributed by atoms with Crippen LogP contribution >= 0.6 is 15.9 Å². The highest BCUT2D eigenvalue weighted by atomic mass is 79.9. The first-order valence-corrected chi connectivity index (χ1v) is 16.6. The molecule has 7 atom stereocenters. The monoisotopic (exact) mass is 688 g/mol. The summed E-state index contributed by atoms with van der Waals surface area (Å²) in [4.78, 5) is 59.1. The number of rotatable bonds is 16. The molecular formula is C33H45BrN4O7. The number of nitrogens with zero attached hydrogens (tertiary/aromatic N) is 3. The number of carbonyl (C=O) groups excluding carboxylic acids is 4. The number of esters is 1. The van der Waals surface area contributed by atoms with Gasteiger partial charge in [0.2, 0.25) is 11.8 Å². The Kier molecular flexibility index (Phi) is 11.5. The lowest BCUT2D eigenvalue weighted by molar-refractivity contribution is -0.159. The van der Waals surface area contributed by atoms with Crippen molar-refractivity contribution in [2.45, 2.75) is 68.7 Å². The SMILES string of the molecule is C=CCCC(=O)NC[C@H](C)OC(=O)[C@H]1[C@@H]2O[C@@]3(CC2Br)[C@@H]1C(=O)N(CCO)[C@@H]3C(=O)N(CC=C)c1ccc(N(CC)CC)cc1. The molecule has 2 N–H and O–H groups in total. The number of aliphatic hydroxyl groups is 1. The van der Waals surface area contributed by atoms with Crippen LogP contribution in [0.1, 0.15) is 40.0 Å². The van der Waals surface area contributed by atoms with Crippen LogP contribution in [-0.4, -0.2) is 102 Å². The van der Waals surface area contributed by atoms with E-state index in [4.69, 9.17) is 9.47 Å². The summed E-state index contributed by atoms with van der Waals surface area (Å²) < 4.78 is 12.3. The van der Waals surface area contributed by atoms with Crippen molar-refractivity contribution in [1.82, 2.24) is 10.2 Å². The molecule has 3 amide bonds. The molecule has 1 aromatic rings. The largest absolute Gasteiger partial charge is 0.460 e. The summed E-state index contributed by atoms with van der Waals surface area (Å²) >= 11 is 3.66. The van der Waals surface area contributed by atoms with Gasteiger partial charge in [-0.1, -0.05) is 28.1 Å². The van der Waals surface area contributed by atoms with Crippen molar-refractivity contribution in [3.63, 3.8) is 0 Å². The predicted octanol–water partition coefficient (Wildman–Crippen LogP) is 2.81. The molecule has 4 rings (SSSR count). The van der Waals surface area contributed by atoms with Gasteiger partial charge in [0.05, 0.1) is 31.1 Å². The lowest BCUT2D eigenvalue weighted by Gasteiger charge is -2.37. The van der Waals surface area contributed by atoms with E-state index in [1.165, 1.54) is 4.90 Å². The Hall–Kier alpha value is -3.22. The van der Waals surface area contributed by atoms with E-state index in [2.05, 4.69) is 53.2 Å². The molecule has 3 aliphatic heterocycles. The number of ether oxygens (including phenoxy) is 2. The second-order valence-electron chi connectivity index (χ2n) is 11.7. The van der Waals surface area contributed by atoms with Gasteiger partial charge in [0.25, 0.3) is 5.91 Å². The zero-order valence-electron chi connectivity index (χ0n) is 26.3. The van der Waals surface area contributed by atoms with E-state index in [-0.39, 0.29) is 49.3 Å². The summed E-state index contributed by atoms with van der Waals surface area (Å²) in [5, 5.41) is 12.7. The van der Waals surface area contributed by atoms with Crippen LogP contribution in [0.2, 0.25) is 0 Å². The number of fused-ring (bicyclic) bond motifs is 1. The lowest BCUT2D eigenvalue weighted by Crippen LogP contribution is -2.57. The minimum absolute atomic E-state index is 0.0911. The summed E-state index contributed by atoms with van der Waals surface area (Å²) in [5.41, 5.74) is 0.363. The Balaban J connectivity index is 1.61. The fraction of sp³-hybridized carbons (Fsp3) is 0.576. The Bertz CT molecular complexity index is 1270. The lowest BCUT2D eigenvalue weighted by atomic mass is 9.70. The molecule has 0 aliphatic carbocycles. The highest BCUT2D eigenvalue weighted by Gasteiger charge is 2.77. The minimum Gasteiger partial charge on any atom is -0.460 e. The van der Waals surface area contributed by atoms with Crippen LogP contribution in [0.5, 0.6) is 0 Å². The van der Waals surface area contributed by atoms with Crippen LogP contribution in [0.4, 0.5) is 11.4 Å². The average molecular weight is 690 g/mol. The Morgan fingerprint density at radius 1 is 1.20 bits per heavy atom. The standard InChI is InChI=1S/C33H45BrN4O7/c1-6-10-11-25(40)35-20-21(5)44-32(43)26-27-30(41)38(17-18-39)29(33(27)19-24(34)28(26)45-33)31(42)37(16-7-2)23-14-12-22(13-15-23)36(8-3)9-4/h6-7,12-15,21,24,26-29,39H,1-2,8-11,16-20H2,3-5H3,(H,35,40)/t21-,24?,26+,27-,28+,29+,33-/m0/s1. The second kappa shape index (κ2) is 14.9. The molecule has 3 heterocycles. The van der Waals surface area contributed by atoms with Gasteiger partial charge in [-0.25, -0.2) is 0 Å². The van der Waals surface area contributed by atoms with Gasteiger partial charge in [0, 0.05) is 48.8 Å². The number of aliphatic hydroxyl groups excluding tert-OH is 1. The average Bonchev–Trinajstić information content (AvgIpc) is 3.62. The van der Waals surface area contributed by atoms with Gasteiger partial charge in [0.15, 0.2) is 0 Å². The number of β-amino-alcohol motifs (C(OH)–C–C–N with tert-alkyl or cyclic N) is 1. The number of anilines is 2. The number of carbonyl (C=O) groups is 4. The molecule has 0 aromatic heterocycles. The number of nitrogens with one attached hydrogen (secondary N) is 1. The third-order valence-electron chi connectivity index (χ3n) is 8.98. The van der Waals surface area contributed by atoms with Crippen molar-refractivity contribution in [3.8, 4) is 0 Å². The van der Waals surface area contributed by atoms with E-state index in [0.717, 1.165) is 18.8 Å². The first-order valence-electron chi connectivity index (χ1n) is 15.7. The Morgan fingerprint density at radius 2 is 1.87 bits per heavy atom. The maximum Gasteiger partial charge on any atom is 0.312 e. The second-order valence-corrected chi connectivity index (χ2v) is 12.9. The Labute approximate surface area is 273 Å². The van der Waals surface area contributed by atoms with Crippen LogP contribution in [-0.2, 0) is 28.7 Å². The molecule has 3 fully saturated rings. The van der Waals surface area contributed by atoms with Crippen molar-refractivity contribution >= 4 is 51.0 Å². The number of likely N-dealkylation sites (tertiary alicyclic amines) is 1. The van der Waals surface area contributed by atoms with Gasteiger partial charge in [-0.15, -0.1) is 13.2 Å². The molecule has 45 heavy (non-hydrogen) atoms. The van der Waals surface area contributed by atoms with E-state index in [1.54, 1.807) is 24.0 Å². The number of allylic oxidation sites excluding steroid dienone is 1. The van der Waals surface area contributed by atoms with E-state index >= 15 is 0 Å². The molecule has 3 aliphatic rings. The van der Waals surface area contributed by atoms with E-state index in [9.17, 15) is 24.3 Å². The molecular weight excluding hydrogens is 644 g/mol. The van der Waals surface area contributed by atoms with Gasteiger partial charge in [-0.2, -0.15) is 0 Å². The van der Waals surface area contributed by atoms with Crippen molar-refractivity contribution in [3.05, 3.63) is 49.6 Å². The van der Waals surface area contributed by atoms with Gasteiger partial charge in [0.1, 0.15) is 17.7 Å². The van der Waals surface area contributed by atoms with Crippen LogP contribution in [0, 0.1) is 11.8 Å². The van der Waals surface area contributed by atoms with Crippen molar-refractivity contribution < 1.29 is 33.8 Å². The number of benzene rings is 1. The molecule has 12 heteroatoms. The zero-order chi connectivity index (χ0) is 32.9. The van der Waals surface area contributed by atoms with E-state index in [1.807, 2.05) is 24.3 Å². The summed E-state index contributed by atoms with van der Waals surface area (Å²) in [6.07, 6.45) is 3.08. The zero-order valence-corrected chi connectivity index (χ0v) is 27.9. The quantitative estimate of drug-likeness (QED) is 0.154. The van der Waals surface area contributed by atoms with E-state index in [0.29, 0.717) is 18.5 Å². The first-order chi connectivity index (χ1) is 21.6. The van der Waals surface area contributed by atoms with Gasteiger partial charge in [-0.05, 0) is 57.9 Å². The molecule has 3 saturated heterocycles. The molecule has 0 radical (unpaired) electrons. The molecule has 11 nitrogen and oxygen atoms in total. The number of amides is 3. The summed E-state index contributed by atoms with van der Waals surface area (Å²) in [6.45, 7) is 14.8. The molecule has 1 aromatic carbocycles. The number of hydrogen-bond donors (Lipinski definition) is 2. The normalized spacial score (nSPS) is 27.1. The summed E-state index contributed by atoms with van der Waals surface area (Å²) in [6, 6.07) is 6.58. The maximum atomic E-state index is 14.5. The molecule has 2 bridgehead atoms. The van der Waals surface area contributed by atoms with Crippen molar-refractivity contribution in [1.29, 1.82) is 0 Å². The van der Waals surface area contributed by atoms with Crippen LogP contribution in [0.3, 0.4) is 0 Å². The van der Waals surface area contributed by atoms with Crippen molar-refractivity contribution in [2.75, 3.05) is 49.1 Å². The molecule has 246 valence electrons. The molecule has 1 spiro atoms. The fourth-order valence-corrected chi connectivity index (χ4v) is 7.90. The van der Waals surface area contributed by atoms with Crippen LogP contribution in [0.25, 0.3) is 0 Å². The topological polar surface area (TPSA) is 129 Å². The summed E-state index contributed by atoms with van der Waals surface area (Å²) in [7, 11) is 0. The molecule has 1 unspecified atom stereocenters. The van der Waals surface area contributed by atoms with Crippen molar-refractivity contribution in [2.24, 2.45) is 11.8 Å². The third-order valence-corrected chi connectivity index (χ3v) is 9.83. The first kappa shape index (κ1) is 34.6. The molecule has 0 saturated carbocycles. The van der Waals surface area contributed by atoms with Gasteiger partial charge in [-0.3, -0.25) is 19.2 Å². The number of hydrogen-bond acceptors (Lipinski definition) is 8. The highest BCUT2D eigenvalue weighted by molar-refractivity contribution is 9.09. The third kappa shape index (κ3) is 6.69. The van der Waals surface area contributed by atoms with Gasteiger partial charge >= 0.3 is 5.97 Å². The Morgan fingerprint density at radius 3 is 2.47 bits per heavy atom. The smallest absolute Gasteiger partial charge is 0.312 e. The fourth-order valence-electron chi connectivity index (χ4n) is 6.96. The van der Waals surface area contributed by atoms with E-state index < -0.39 is 47.6 Å². The highest BCUT2D eigenvalue weighted by Crippen LogP contribution is 2.60. The number of halogens is 1.